The van der Waals surface area contributed by atoms with Crippen molar-refractivity contribution in [2.75, 3.05) is 19.5 Å². The van der Waals surface area contributed by atoms with Gasteiger partial charge in [0.1, 0.15) is 17.3 Å². The summed E-state index contributed by atoms with van der Waals surface area (Å²) in [4.78, 5) is 0. The molecule has 0 aliphatic heterocycles. The van der Waals surface area contributed by atoms with E-state index in [1.165, 1.54) is 12.1 Å². The van der Waals surface area contributed by atoms with Crippen molar-refractivity contribution in [1.82, 2.24) is 0 Å². The van der Waals surface area contributed by atoms with Crippen molar-refractivity contribution in [3.05, 3.63) is 53.8 Å². The lowest BCUT2D eigenvalue weighted by Crippen LogP contribution is -2.00. The number of benzene rings is 2. The maximum Gasteiger partial charge on any atom is 0.125 e. The molecule has 0 fully saturated rings. The molecule has 100 valence electrons. The van der Waals surface area contributed by atoms with Gasteiger partial charge in [0.25, 0.3) is 0 Å². The third-order valence-corrected chi connectivity index (χ3v) is 2.73. The number of rotatable bonds is 5. The third kappa shape index (κ3) is 3.61. The molecular formula is C15H16FNO2. The molecule has 0 amide bonds. The predicted molar refractivity (Wildman–Crippen MR) is 73.3 cm³/mol. The molecule has 0 heterocycles. The van der Waals surface area contributed by atoms with E-state index < -0.39 is 0 Å². The molecule has 2 rings (SSSR count). The number of hydrogen-bond donors (Lipinski definition) is 1. The first kappa shape index (κ1) is 13.2. The summed E-state index contributed by atoms with van der Waals surface area (Å²) in [5, 5.41) is 3.15. The zero-order valence-electron chi connectivity index (χ0n) is 10.9. The monoisotopic (exact) mass is 261 g/mol. The van der Waals surface area contributed by atoms with Crippen LogP contribution in [-0.2, 0) is 6.54 Å². The Bertz CT molecular complexity index is 535. The first-order chi connectivity index (χ1) is 9.21. The second-order valence-corrected chi connectivity index (χ2v) is 4.08. The van der Waals surface area contributed by atoms with E-state index in [1.54, 1.807) is 20.3 Å². The highest BCUT2D eigenvalue weighted by atomic mass is 19.1. The second-order valence-electron chi connectivity index (χ2n) is 4.08. The molecule has 0 aromatic heterocycles. The van der Waals surface area contributed by atoms with Gasteiger partial charge in [-0.25, -0.2) is 4.39 Å². The number of anilines is 1. The van der Waals surface area contributed by atoms with Crippen molar-refractivity contribution in [3.8, 4) is 11.5 Å². The number of methoxy groups -OCH3 is 2. The number of nitrogens with one attached hydrogen (secondary N) is 1. The van der Waals surface area contributed by atoms with Gasteiger partial charge in [0.15, 0.2) is 0 Å². The minimum absolute atomic E-state index is 0.256. The van der Waals surface area contributed by atoms with E-state index in [-0.39, 0.29) is 5.82 Å². The lowest BCUT2D eigenvalue weighted by Gasteiger charge is -2.10. The van der Waals surface area contributed by atoms with Crippen LogP contribution >= 0.6 is 0 Å². The van der Waals surface area contributed by atoms with Crippen LogP contribution < -0.4 is 14.8 Å². The summed E-state index contributed by atoms with van der Waals surface area (Å²) in [6.45, 7) is 0.566. The second kappa shape index (κ2) is 6.09. The molecule has 0 atom stereocenters. The summed E-state index contributed by atoms with van der Waals surface area (Å²) in [5.41, 5.74) is 1.74. The van der Waals surface area contributed by atoms with Crippen molar-refractivity contribution in [2.24, 2.45) is 0 Å². The minimum atomic E-state index is -0.256. The number of ether oxygens (including phenoxy) is 2. The van der Waals surface area contributed by atoms with Crippen molar-refractivity contribution in [2.45, 2.75) is 6.54 Å². The van der Waals surface area contributed by atoms with Crippen molar-refractivity contribution >= 4 is 5.69 Å². The molecule has 0 aliphatic rings. The third-order valence-electron chi connectivity index (χ3n) is 2.73. The molecule has 19 heavy (non-hydrogen) atoms. The standard InChI is InChI=1S/C15H16FNO2/c1-18-14-6-11(7-15(9-14)19-2)10-17-13-5-3-4-12(16)8-13/h3-9,17H,10H2,1-2H3. The normalized spacial score (nSPS) is 10.1. The maximum absolute atomic E-state index is 13.1. The zero-order valence-corrected chi connectivity index (χ0v) is 10.9. The molecule has 0 unspecified atom stereocenters. The van der Waals surface area contributed by atoms with Gasteiger partial charge in [0.05, 0.1) is 14.2 Å². The first-order valence-electron chi connectivity index (χ1n) is 5.92. The summed E-state index contributed by atoms with van der Waals surface area (Å²) in [5.74, 6) is 1.21. The molecule has 0 spiro atoms. The van der Waals surface area contributed by atoms with Gasteiger partial charge in [-0.3, -0.25) is 0 Å². The fourth-order valence-electron chi connectivity index (χ4n) is 1.77. The first-order valence-corrected chi connectivity index (χ1v) is 5.92. The quantitative estimate of drug-likeness (QED) is 0.894. The van der Waals surface area contributed by atoms with E-state index in [2.05, 4.69) is 5.32 Å². The molecule has 3 nitrogen and oxygen atoms in total. The number of halogens is 1. The molecule has 0 radical (unpaired) electrons. The summed E-state index contributed by atoms with van der Waals surface area (Å²) < 4.78 is 23.5. The van der Waals surface area contributed by atoms with Gasteiger partial charge in [-0.05, 0) is 35.9 Å². The largest absolute Gasteiger partial charge is 0.497 e. The van der Waals surface area contributed by atoms with Gasteiger partial charge < -0.3 is 14.8 Å². The molecule has 0 saturated heterocycles. The Balaban J connectivity index is 2.10. The van der Waals surface area contributed by atoms with Gasteiger partial charge in [0, 0.05) is 18.3 Å². The molecule has 0 saturated carbocycles. The zero-order chi connectivity index (χ0) is 13.7. The van der Waals surface area contributed by atoms with Gasteiger partial charge in [-0.1, -0.05) is 6.07 Å². The molecule has 2 aromatic rings. The van der Waals surface area contributed by atoms with E-state index in [4.69, 9.17) is 9.47 Å². The molecule has 2 aromatic carbocycles. The van der Waals surface area contributed by atoms with Crippen LogP contribution in [-0.4, -0.2) is 14.2 Å². The van der Waals surface area contributed by atoms with Crippen molar-refractivity contribution < 1.29 is 13.9 Å². The Morgan fingerprint density at radius 2 is 1.68 bits per heavy atom. The number of hydrogen-bond acceptors (Lipinski definition) is 3. The van der Waals surface area contributed by atoms with Crippen LogP contribution in [0.2, 0.25) is 0 Å². The highest BCUT2D eigenvalue weighted by Crippen LogP contribution is 2.23. The maximum atomic E-state index is 13.1. The Morgan fingerprint density at radius 1 is 1.00 bits per heavy atom. The average molecular weight is 261 g/mol. The van der Waals surface area contributed by atoms with Gasteiger partial charge in [-0.15, -0.1) is 0 Å². The van der Waals surface area contributed by atoms with Gasteiger partial charge >= 0.3 is 0 Å². The molecule has 4 heteroatoms. The van der Waals surface area contributed by atoms with Gasteiger partial charge in [-0.2, -0.15) is 0 Å². The summed E-state index contributed by atoms with van der Waals surface area (Å²) in [6, 6.07) is 12.0. The smallest absolute Gasteiger partial charge is 0.125 e. The summed E-state index contributed by atoms with van der Waals surface area (Å²) in [6.07, 6.45) is 0. The summed E-state index contributed by atoms with van der Waals surface area (Å²) >= 11 is 0. The highest BCUT2D eigenvalue weighted by molar-refractivity contribution is 5.45. The fraction of sp³-hybridized carbons (Fsp3) is 0.200. The fourth-order valence-corrected chi connectivity index (χ4v) is 1.77. The molecule has 1 N–H and O–H groups in total. The van der Waals surface area contributed by atoms with Crippen LogP contribution in [0.25, 0.3) is 0 Å². The van der Waals surface area contributed by atoms with Crippen molar-refractivity contribution in [3.63, 3.8) is 0 Å². The predicted octanol–water partition coefficient (Wildman–Crippen LogP) is 3.46. The van der Waals surface area contributed by atoms with Crippen molar-refractivity contribution in [1.29, 1.82) is 0 Å². The van der Waals surface area contributed by atoms with Crippen LogP contribution in [0.3, 0.4) is 0 Å². The van der Waals surface area contributed by atoms with Crippen LogP contribution in [0.4, 0.5) is 10.1 Å². The van der Waals surface area contributed by atoms with Gasteiger partial charge in [0.2, 0.25) is 0 Å². The average Bonchev–Trinajstić information content (AvgIpc) is 2.44. The highest BCUT2D eigenvalue weighted by Gasteiger charge is 2.02. The molecule has 0 aliphatic carbocycles. The van der Waals surface area contributed by atoms with Crippen LogP contribution in [0.5, 0.6) is 11.5 Å². The molecular weight excluding hydrogens is 245 g/mol. The molecule has 0 bridgehead atoms. The van der Waals surface area contributed by atoms with E-state index >= 15 is 0 Å². The SMILES string of the molecule is COc1cc(CNc2cccc(F)c2)cc(OC)c1. The Morgan fingerprint density at radius 3 is 2.26 bits per heavy atom. The van der Waals surface area contributed by atoms with E-state index in [0.717, 1.165) is 22.7 Å². The van der Waals surface area contributed by atoms with Crippen LogP contribution in [0.1, 0.15) is 5.56 Å². The topological polar surface area (TPSA) is 30.5 Å². The summed E-state index contributed by atoms with van der Waals surface area (Å²) in [7, 11) is 3.22. The van der Waals surface area contributed by atoms with E-state index in [0.29, 0.717) is 6.54 Å². The van der Waals surface area contributed by atoms with Crippen LogP contribution in [0.15, 0.2) is 42.5 Å². The minimum Gasteiger partial charge on any atom is -0.497 e. The Kier molecular flexibility index (Phi) is 4.23. The van der Waals surface area contributed by atoms with E-state index in [9.17, 15) is 4.39 Å². The lowest BCUT2D eigenvalue weighted by atomic mass is 10.2. The van der Waals surface area contributed by atoms with E-state index in [1.807, 2.05) is 24.3 Å². The Labute approximate surface area is 112 Å². The lowest BCUT2D eigenvalue weighted by molar-refractivity contribution is 0.393. The van der Waals surface area contributed by atoms with Crippen LogP contribution in [0, 0.1) is 5.82 Å². The Hall–Kier alpha value is -2.23.